The number of carbonyl (C=O) groups is 4. The van der Waals surface area contributed by atoms with Crippen molar-refractivity contribution >= 4 is 23.7 Å². The number of carboxylic acids is 1. The minimum Gasteiger partial charge on any atom is -0.478 e. The molecule has 0 saturated heterocycles. The minimum atomic E-state index is -1.06. The van der Waals surface area contributed by atoms with Crippen LogP contribution in [0.4, 0.5) is 0 Å². The van der Waals surface area contributed by atoms with E-state index in [1.165, 1.54) is 12.1 Å². The Bertz CT molecular complexity index is 834. The van der Waals surface area contributed by atoms with Gasteiger partial charge >= 0.3 is 5.97 Å². The Morgan fingerprint density at radius 3 is 2.11 bits per heavy atom. The highest BCUT2D eigenvalue weighted by molar-refractivity contribution is 5.97. The third kappa shape index (κ3) is 5.96. The maximum Gasteiger partial charge on any atom is 0.335 e. The molecule has 1 atom stereocenters. The first-order chi connectivity index (χ1) is 12.9. The van der Waals surface area contributed by atoms with Crippen molar-refractivity contribution in [1.82, 2.24) is 10.6 Å². The van der Waals surface area contributed by atoms with E-state index in [4.69, 9.17) is 10.8 Å². The molecule has 0 heterocycles. The van der Waals surface area contributed by atoms with Crippen molar-refractivity contribution in [2.45, 2.75) is 12.5 Å². The van der Waals surface area contributed by atoms with Gasteiger partial charge in [-0.15, -0.1) is 0 Å². The average molecular weight is 369 g/mol. The predicted molar refractivity (Wildman–Crippen MR) is 97.0 cm³/mol. The zero-order valence-corrected chi connectivity index (χ0v) is 14.3. The van der Waals surface area contributed by atoms with Crippen LogP contribution < -0.4 is 16.4 Å². The zero-order valence-electron chi connectivity index (χ0n) is 14.3. The zero-order chi connectivity index (χ0) is 19.8. The Morgan fingerprint density at radius 1 is 0.926 bits per heavy atom. The number of hydrogen-bond acceptors (Lipinski definition) is 4. The summed E-state index contributed by atoms with van der Waals surface area (Å²) in [5.74, 6) is -2.77. The smallest absolute Gasteiger partial charge is 0.335 e. The summed E-state index contributed by atoms with van der Waals surface area (Å²) >= 11 is 0. The van der Waals surface area contributed by atoms with Crippen molar-refractivity contribution in [2.75, 3.05) is 6.54 Å². The fraction of sp³-hybridized carbons (Fsp3) is 0.158. The average Bonchev–Trinajstić information content (AvgIpc) is 2.66. The molecule has 2 aromatic carbocycles. The third-order valence-electron chi connectivity index (χ3n) is 3.76. The third-order valence-corrected chi connectivity index (χ3v) is 3.76. The molecule has 0 aromatic heterocycles. The van der Waals surface area contributed by atoms with Gasteiger partial charge in [0, 0.05) is 12.0 Å². The van der Waals surface area contributed by atoms with Gasteiger partial charge < -0.3 is 21.5 Å². The number of carboxylic acid groups (broad SMARTS) is 1. The number of hydrogen-bond donors (Lipinski definition) is 4. The largest absolute Gasteiger partial charge is 0.478 e. The molecule has 5 N–H and O–H groups in total. The van der Waals surface area contributed by atoms with Gasteiger partial charge in [-0.05, 0) is 29.8 Å². The van der Waals surface area contributed by atoms with Crippen LogP contribution in [0.3, 0.4) is 0 Å². The van der Waals surface area contributed by atoms with Gasteiger partial charge in [-0.25, -0.2) is 4.79 Å². The van der Waals surface area contributed by atoms with Crippen LogP contribution >= 0.6 is 0 Å². The van der Waals surface area contributed by atoms with E-state index in [1.807, 2.05) is 0 Å². The van der Waals surface area contributed by atoms with Crippen molar-refractivity contribution < 1.29 is 24.3 Å². The Labute approximate surface area is 155 Å². The molecule has 140 valence electrons. The lowest BCUT2D eigenvalue weighted by molar-refractivity contribution is -0.126. The lowest BCUT2D eigenvalue weighted by Crippen LogP contribution is -2.49. The first-order valence-electron chi connectivity index (χ1n) is 8.11. The van der Waals surface area contributed by atoms with E-state index >= 15 is 0 Å². The first-order valence-corrected chi connectivity index (χ1v) is 8.11. The van der Waals surface area contributed by atoms with Gasteiger partial charge in [0.1, 0.15) is 6.04 Å². The van der Waals surface area contributed by atoms with E-state index in [0.29, 0.717) is 11.1 Å². The van der Waals surface area contributed by atoms with E-state index in [-0.39, 0.29) is 18.5 Å². The summed E-state index contributed by atoms with van der Waals surface area (Å²) in [6.07, 6.45) is 0.105. The Kier molecular flexibility index (Phi) is 6.65. The monoisotopic (exact) mass is 369 g/mol. The topological polar surface area (TPSA) is 139 Å². The van der Waals surface area contributed by atoms with Crippen LogP contribution in [0.1, 0.15) is 26.3 Å². The van der Waals surface area contributed by atoms with Gasteiger partial charge in [-0.3, -0.25) is 14.4 Å². The lowest BCUT2D eigenvalue weighted by Gasteiger charge is -2.16. The van der Waals surface area contributed by atoms with Crippen molar-refractivity contribution in [2.24, 2.45) is 5.73 Å². The normalized spacial score (nSPS) is 11.3. The van der Waals surface area contributed by atoms with Gasteiger partial charge in [0.25, 0.3) is 5.91 Å². The lowest BCUT2D eigenvalue weighted by atomic mass is 10.0. The summed E-state index contributed by atoms with van der Waals surface area (Å²) in [6.45, 7) is -0.310. The van der Waals surface area contributed by atoms with Gasteiger partial charge in [0.15, 0.2) is 0 Å². The van der Waals surface area contributed by atoms with Crippen LogP contribution in [0.15, 0.2) is 54.6 Å². The number of primary amides is 1. The molecule has 0 aliphatic carbocycles. The number of carbonyl (C=O) groups excluding carboxylic acids is 3. The second kappa shape index (κ2) is 9.14. The molecule has 3 amide bonds. The molecule has 27 heavy (non-hydrogen) atoms. The molecule has 8 nitrogen and oxygen atoms in total. The SMILES string of the molecule is NC(=O)[C@@H](Cc1ccc(C(=O)O)cc1)NC(=O)CNC(=O)c1ccccc1. The van der Waals surface area contributed by atoms with Crippen molar-refractivity contribution in [1.29, 1.82) is 0 Å². The number of aromatic carboxylic acids is 1. The first kappa shape index (κ1) is 19.6. The fourth-order valence-corrected chi connectivity index (χ4v) is 2.34. The molecule has 0 radical (unpaired) electrons. The van der Waals surface area contributed by atoms with Crippen molar-refractivity contribution in [3.63, 3.8) is 0 Å². The number of nitrogens with one attached hydrogen (secondary N) is 2. The van der Waals surface area contributed by atoms with Gasteiger partial charge in [-0.1, -0.05) is 30.3 Å². The van der Waals surface area contributed by atoms with E-state index in [0.717, 1.165) is 0 Å². The molecule has 0 unspecified atom stereocenters. The summed E-state index contributed by atoms with van der Waals surface area (Å²) in [4.78, 5) is 46.4. The predicted octanol–water partition coefficient (Wildman–Crippen LogP) is 0.327. The van der Waals surface area contributed by atoms with E-state index in [9.17, 15) is 19.2 Å². The van der Waals surface area contributed by atoms with E-state index in [2.05, 4.69) is 10.6 Å². The van der Waals surface area contributed by atoms with Gasteiger partial charge in [0.2, 0.25) is 11.8 Å². The highest BCUT2D eigenvalue weighted by atomic mass is 16.4. The molecular weight excluding hydrogens is 350 g/mol. The van der Waals surface area contributed by atoms with Gasteiger partial charge in [0.05, 0.1) is 12.1 Å². The highest BCUT2D eigenvalue weighted by Crippen LogP contribution is 2.07. The van der Waals surface area contributed by atoms with Crippen LogP contribution in [0, 0.1) is 0 Å². The van der Waals surface area contributed by atoms with Crippen molar-refractivity contribution in [3.05, 3.63) is 71.3 Å². The second-order valence-corrected chi connectivity index (χ2v) is 5.78. The number of amides is 3. The summed E-state index contributed by atoms with van der Waals surface area (Å²) in [5, 5.41) is 13.8. The Balaban J connectivity index is 1.91. The Hall–Kier alpha value is -3.68. The molecular formula is C19H19N3O5. The number of nitrogens with two attached hydrogens (primary N) is 1. The molecule has 0 aliphatic rings. The van der Waals surface area contributed by atoms with Crippen molar-refractivity contribution in [3.8, 4) is 0 Å². The molecule has 0 spiro atoms. The quantitative estimate of drug-likeness (QED) is 0.531. The summed E-state index contributed by atoms with van der Waals surface area (Å²) < 4.78 is 0. The van der Waals surface area contributed by atoms with Crippen LogP contribution in [0.5, 0.6) is 0 Å². The summed E-state index contributed by atoms with van der Waals surface area (Å²) in [7, 11) is 0. The molecule has 8 heteroatoms. The summed E-state index contributed by atoms with van der Waals surface area (Å²) in [6, 6.07) is 13.3. The van der Waals surface area contributed by atoms with Gasteiger partial charge in [-0.2, -0.15) is 0 Å². The number of rotatable bonds is 8. The molecule has 0 saturated carbocycles. The molecule has 0 bridgehead atoms. The van der Waals surface area contributed by atoms with E-state index in [1.54, 1.807) is 42.5 Å². The van der Waals surface area contributed by atoms with Crippen LogP contribution in [0.2, 0.25) is 0 Å². The fourth-order valence-electron chi connectivity index (χ4n) is 2.34. The van der Waals surface area contributed by atoms with Crippen LogP contribution in [0.25, 0.3) is 0 Å². The standard InChI is InChI=1S/C19H19N3O5/c20-17(24)15(10-12-6-8-14(9-7-12)19(26)27)22-16(23)11-21-18(25)13-4-2-1-3-5-13/h1-9,15H,10-11H2,(H2,20,24)(H,21,25)(H,22,23)(H,26,27)/t15-/m1/s1. The molecule has 0 fully saturated rings. The van der Waals surface area contributed by atoms with E-state index < -0.39 is 29.7 Å². The highest BCUT2D eigenvalue weighted by Gasteiger charge is 2.19. The molecule has 2 aromatic rings. The van der Waals surface area contributed by atoms with Crippen LogP contribution in [-0.4, -0.2) is 41.4 Å². The second-order valence-electron chi connectivity index (χ2n) is 5.78. The number of benzene rings is 2. The Morgan fingerprint density at radius 2 is 1.56 bits per heavy atom. The maximum absolute atomic E-state index is 12.0. The molecule has 2 rings (SSSR count). The van der Waals surface area contributed by atoms with Crippen LogP contribution in [-0.2, 0) is 16.0 Å². The summed E-state index contributed by atoms with van der Waals surface area (Å²) in [5.41, 5.74) is 6.48. The minimum absolute atomic E-state index is 0.105. The molecule has 0 aliphatic heterocycles. The maximum atomic E-state index is 12.0.